The Labute approximate surface area is 90.2 Å². The number of hydrogen-bond acceptors (Lipinski definition) is 3. The number of hydrogen-bond donors (Lipinski definition) is 1. The topological polar surface area (TPSA) is 35.2 Å². The van der Waals surface area contributed by atoms with Crippen LogP contribution in [0.2, 0.25) is 0 Å². The predicted octanol–water partition coefficient (Wildman–Crippen LogP) is 2.99. The van der Waals surface area contributed by atoms with Crippen molar-refractivity contribution in [3.63, 3.8) is 0 Å². The molecule has 0 bridgehead atoms. The van der Waals surface area contributed by atoms with Crippen LogP contribution in [0.4, 0.5) is 5.69 Å². The fourth-order valence-electron chi connectivity index (χ4n) is 1.68. The number of halogens is 1. The molecule has 0 unspecified atom stereocenters. The van der Waals surface area contributed by atoms with E-state index >= 15 is 0 Å². The van der Waals surface area contributed by atoms with Gasteiger partial charge in [-0.3, -0.25) is 0 Å². The van der Waals surface area contributed by atoms with Crippen LogP contribution in [-0.4, -0.2) is 13.2 Å². The molecule has 1 fully saturated rings. The lowest BCUT2D eigenvalue weighted by atomic mass is 9.93. The molecule has 1 aromatic heterocycles. The Morgan fingerprint density at radius 3 is 2.69 bits per heavy atom. The summed E-state index contributed by atoms with van der Waals surface area (Å²) in [4.78, 5) is 0. The van der Waals surface area contributed by atoms with Gasteiger partial charge in [-0.15, -0.1) is 11.3 Å². The molecule has 2 N–H and O–H groups in total. The summed E-state index contributed by atoms with van der Waals surface area (Å²) in [6.07, 6.45) is 2.21. The average Bonchev–Trinajstić information content (AvgIpc) is 2.49. The summed E-state index contributed by atoms with van der Waals surface area (Å²) >= 11 is 5.12. The molecule has 4 heteroatoms. The summed E-state index contributed by atoms with van der Waals surface area (Å²) in [6, 6.07) is 0. The number of nitrogen functional groups attached to an aromatic ring is 1. The van der Waals surface area contributed by atoms with E-state index < -0.39 is 0 Å². The molecule has 13 heavy (non-hydrogen) atoms. The van der Waals surface area contributed by atoms with Crippen molar-refractivity contribution in [1.29, 1.82) is 0 Å². The molecule has 72 valence electrons. The van der Waals surface area contributed by atoms with Crippen LogP contribution < -0.4 is 5.73 Å². The van der Waals surface area contributed by atoms with E-state index in [9.17, 15) is 0 Å². The maximum absolute atomic E-state index is 5.96. The quantitative estimate of drug-likeness (QED) is 0.844. The van der Waals surface area contributed by atoms with Crippen LogP contribution >= 0.6 is 27.3 Å². The lowest BCUT2D eigenvalue weighted by Crippen LogP contribution is -2.14. The van der Waals surface area contributed by atoms with Gasteiger partial charge in [0.2, 0.25) is 0 Å². The van der Waals surface area contributed by atoms with Crippen molar-refractivity contribution in [2.75, 3.05) is 18.9 Å². The van der Waals surface area contributed by atoms with Crippen molar-refractivity contribution in [1.82, 2.24) is 0 Å². The maximum atomic E-state index is 5.96. The number of ether oxygens (including phenoxy) is 1. The molecular weight excluding hydrogens is 250 g/mol. The predicted molar refractivity (Wildman–Crippen MR) is 59.2 cm³/mol. The van der Waals surface area contributed by atoms with Crippen LogP contribution in [0.3, 0.4) is 0 Å². The first-order valence-corrected chi connectivity index (χ1v) is 6.06. The van der Waals surface area contributed by atoms with Crippen molar-refractivity contribution < 1.29 is 4.74 Å². The third kappa shape index (κ3) is 1.90. The molecule has 0 aromatic carbocycles. The normalized spacial score (nSPS) is 19.2. The highest BCUT2D eigenvalue weighted by molar-refractivity contribution is 9.11. The molecule has 0 amide bonds. The number of rotatable bonds is 1. The lowest BCUT2D eigenvalue weighted by molar-refractivity contribution is 0.0855. The molecule has 0 atom stereocenters. The summed E-state index contributed by atoms with van der Waals surface area (Å²) in [5.74, 6) is 0.608. The molecule has 1 saturated heterocycles. The number of anilines is 1. The minimum atomic E-state index is 0.608. The third-order valence-corrected chi connectivity index (χ3v) is 4.26. The van der Waals surface area contributed by atoms with Crippen molar-refractivity contribution >= 4 is 33.0 Å². The van der Waals surface area contributed by atoms with Crippen LogP contribution in [0.25, 0.3) is 0 Å². The maximum Gasteiger partial charge on any atom is 0.0930 e. The molecule has 1 aromatic rings. The highest BCUT2D eigenvalue weighted by Crippen LogP contribution is 2.38. The van der Waals surface area contributed by atoms with Crippen molar-refractivity contribution in [2.45, 2.75) is 18.8 Å². The Balaban J connectivity index is 2.18. The van der Waals surface area contributed by atoms with Gasteiger partial charge in [0, 0.05) is 13.2 Å². The van der Waals surface area contributed by atoms with Gasteiger partial charge in [-0.2, -0.15) is 0 Å². The van der Waals surface area contributed by atoms with Crippen LogP contribution in [0.1, 0.15) is 24.3 Å². The first-order valence-electron chi connectivity index (χ1n) is 4.39. The highest BCUT2D eigenvalue weighted by atomic mass is 79.9. The first kappa shape index (κ1) is 9.49. The van der Waals surface area contributed by atoms with Crippen LogP contribution in [0.5, 0.6) is 0 Å². The highest BCUT2D eigenvalue weighted by Gasteiger charge is 2.20. The minimum absolute atomic E-state index is 0.608. The van der Waals surface area contributed by atoms with Crippen molar-refractivity contribution in [2.24, 2.45) is 0 Å². The largest absolute Gasteiger partial charge is 0.397 e. The van der Waals surface area contributed by atoms with Gasteiger partial charge in [0.15, 0.2) is 0 Å². The molecule has 1 aliphatic rings. The second kappa shape index (κ2) is 3.98. The third-order valence-electron chi connectivity index (χ3n) is 2.47. The van der Waals surface area contributed by atoms with E-state index in [1.165, 1.54) is 5.56 Å². The van der Waals surface area contributed by atoms with E-state index in [1.54, 1.807) is 11.3 Å². The van der Waals surface area contributed by atoms with Gasteiger partial charge < -0.3 is 10.5 Å². The summed E-state index contributed by atoms with van der Waals surface area (Å²) in [5.41, 5.74) is 8.19. The molecule has 1 aliphatic heterocycles. The zero-order valence-electron chi connectivity index (χ0n) is 7.25. The van der Waals surface area contributed by atoms with Crippen LogP contribution in [-0.2, 0) is 4.74 Å². The van der Waals surface area contributed by atoms with Gasteiger partial charge in [0.25, 0.3) is 0 Å². The van der Waals surface area contributed by atoms with Gasteiger partial charge in [-0.05, 0) is 45.6 Å². The Hall–Kier alpha value is -0.0600. The van der Waals surface area contributed by atoms with E-state index in [0.717, 1.165) is 35.5 Å². The van der Waals surface area contributed by atoms with Crippen LogP contribution in [0.15, 0.2) is 9.17 Å². The second-order valence-corrected chi connectivity index (χ2v) is 5.46. The van der Waals surface area contributed by atoms with E-state index in [2.05, 4.69) is 21.3 Å². The van der Waals surface area contributed by atoms with E-state index in [4.69, 9.17) is 10.5 Å². The zero-order valence-corrected chi connectivity index (χ0v) is 9.66. The minimum Gasteiger partial charge on any atom is -0.397 e. The molecule has 0 saturated carbocycles. The van der Waals surface area contributed by atoms with E-state index in [-0.39, 0.29) is 0 Å². The van der Waals surface area contributed by atoms with E-state index in [1.807, 2.05) is 0 Å². The monoisotopic (exact) mass is 261 g/mol. The SMILES string of the molecule is Nc1c(C2CCOCC2)csc1Br. The fourth-order valence-corrected chi connectivity index (χ4v) is 2.98. The summed E-state index contributed by atoms with van der Waals surface area (Å²) in [7, 11) is 0. The van der Waals surface area contributed by atoms with Crippen LogP contribution in [0, 0.1) is 0 Å². The Morgan fingerprint density at radius 1 is 1.46 bits per heavy atom. The second-order valence-electron chi connectivity index (χ2n) is 3.27. The fraction of sp³-hybridized carbons (Fsp3) is 0.556. The van der Waals surface area contributed by atoms with Gasteiger partial charge in [0.05, 0.1) is 9.47 Å². The Bertz CT molecular complexity index is 294. The summed E-state index contributed by atoms with van der Waals surface area (Å²) < 4.78 is 6.38. The standard InChI is InChI=1S/C9H12BrNOS/c10-9-8(11)7(5-13-9)6-1-3-12-4-2-6/h5-6H,1-4,11H2. The molecule has 2 heterocycles. The zero-order chi connectivity index (χ0) is 9.26. The lowest BCUT2D eigenvalue weighted by Gasteiger charge is -2.21. The summed E-state index contributed by atoms with van der Waals surface area (Å²) in [6.45, 7) is 1.75. The molecule has 0 aliphatic carbocycles. The number of nitrogens with two attached hydrogens (primary N) is 1. The Kier molecular flexibility index (Phi) is 2.91. The summed E-state index contributed by atoms with van der Waals surface area (Å²) in [5, 5.41) is 2.16. The molecule has 2 nitrogen and oxygen atoms in total. The van der Waals surface area contributed by atoms with Gasteiger partial charge in [0.1, 0.15) is 0 Å². The smallest absolute Gasteiger partial charge is 0.0930 e. The van der Waals surface area contributed by atoms with Gasteiger partial charge in [-0.25, -0.2) is 0 Å². The van der Waals surface area contributed by atoms with Crippen molar-refractivity contribution in [3.8, 4) is 0 Å². The molecule has 0 spiro atoms. The molecular formula is C9H12BrNOS. The average molecular weight is 262 g/mol. The number of thiophene rings is 1. The molecule has 0 radical (unpaired) electrons. The first-order chi connectivity index (χ1) is 6.29. The van der Waals surface area contributed by atoms with Crippen molar-refractivity contribution in [3.05, 3.63) is 14.7 Å². The van der Waals surface area contributed by atoms with Gasteiger partial charge in [-0.1, -0.05) is 0 Å². The van der Waals surface area contributed by atoms with Gasteiger partial charge >= 0.3 is 0 Å². The molecule has 2 rings (SSSR count). The van der Waals surface area contributed by atoms with E-state index in [0.29, 0.717) is 5.92 Å². The Morgan fingerprint density at radius 2 is 2.15 bits per heavy atom.